The third-order valence-electron chi connectivity index (χ3n) is 11.9. The number of alkyl carbamates (subject to hydrolysis) is 2. The molecule has 334 valence electrons. The summed E-state index contributed by atoms with van der Waals surface area (Å²) in [5, 5.41) is 13.1. The van der Waals surface area contributed by atoms with Crippen molar-refractivity contribution < 1.29 is 28.6 Å². The minimum absolute atomic E-state index is 0.0274. The number of amides is 3. The second-order valence-electron chi connectivity index (χ2n) is 21.4. The van der Waals surface area contributed by atoms with Crippen LogP contribution in [0.4, 0.5) is 9.59 Å². The van der Waals surface area contributed by atoms with Crippen LogP contribution >= 0.6 is 0 Å². The zero-order chi connectivity index (χ0) is 44.0. The van der Waals surface area contributed by atoms with Gasteiger partial charge in [0.2, 0.25) is 5.91 Å². The molecule has 5 atom stereocenters. The Labute approximate surface area is 349 Å². The fraction of sp³-hybridized carbons (Fsp3) is 0.891. The van der Waals surface area contributed by atoms with Gasteiger partial charge >= 0.3 is 12.2 Å². The zero-order valence-electron chi connectivity index (χ0n) is 39.8. The van der Waals surface area contributed by atoms with Crippen LogP contribution in [-0.4, -0.2) is 93.2 Å². The summed E-state index contributed by atoms with van der Waals surface area (Å²) in [4.78, 5) is 40.5. The maximum atomic E-state index is 13.4. The van der Waals surface area contributed by atoms with Crippen LogP contribution in [0.25, 0.3) is 0 Å². The molecule has 3 amide bonds. The molecule has 4 N–H and O–H groups in total. The molecule has 2 rings (SSSR count). The van der Waals surface area contributed by atoms with E-state index in [0.717, 1.165) is 63.6 Å². The first-order valence-electron chi connectivity index (χ1n) is 22.0. The highest BCUT2D eigenvalue weighted by Crippen LogP contribution is 2.47. The Morgan fingerprint density at radius 1 is 0.789 bits per heavy atom. The first-order valence-corrected chi connectivity index (χ1v) is 22.0. The van der Waals surface area contributed by atoms with Gasteiger partial charge in [-0.3, -0.25) is 4.79 Å². The topological polar surface area (TPSA) is 130 Å². The summed E-state index contributed by atoms with van der Waals surface area (Å²) < 4.78 is 18.0. The van der Waals surface area contributed by atoms with E-state index < -0.39 is 17.3 Å². The molecular formula is C46H89N5O6. The van der Waals surface area contributed by atoms with Gasteiger partial charge in [-0.15, -0.1) is 0 Å². The normalized spacial score (nSPS) is 25.0. The van der Waals surface area contributed by atoms with Crippen molar-refractivity contribution in [2.75, 3.05) is 46.9 Å². The van der Waals surface area contributed by atoms with Gasteiger partial charge in [0.15, 0.2) is 0 Å². The first-order chi connectivity index (χ1) is 26.0. The fourth-order valence-corrected chi connectivity index (χ4v) is 9.00. The summed E-state index contributed by atoms with van der Waals surface area (Å²) in [5.74, 6) is 0.484. The standard InChI is InChI=1S/C44H83N5O6.C2H6/c1-31(2)19-21-53-37(51)46-30-44(14)25-35(23-40(7,8)28-44)48-38(52)55-41(9,10)32(3)26-54-42(11,12)33(4)47-34-22-39(5,6)27-43(13,24-34)29-45-36(50)18-17-20-49(15)16;1-2/h31-32,34-35,47H,4,17-30H2,1-3,5-16H3,(H,45,50)(H,46,51)(H,48,52);1-2H3. The molecule has 0 radical (unpaired) electrons. The van der Waals surface area contributed by atoms with Gasteiger partial charge in [-0.25, -0.2) is 9.59 Å². The molecule has 0 heterocycles. The second kappa shape index (κ2) is 22.2. The minimum Gasteiger partial charge on any atom is -0.450 e. The lowest BCUT2D eigenvalue weighted by molar-refractivity contribution is -0.122. The predicted molar refractivity (Wildman–Crippen MR) is 235 cm³/mol. The second-order valence-corrected chi connectivity index (χ2v) is 21.4. The predicted octanol–water partition coefficient (Wildman–Crippen LogP) is 9.45. The molecule has 0 aromatic heterocycles. The van der Waals surface area contributed by atoms with E-state index in [4.69, 9.17) is 14.2 Å². The quantitative estimate of drug-likeness (QED) is 0.0958. The maximum absolute atomic E-state index is 13.4. The Kier molecular flexibility index (Phi) is 20.4. The highest BCUT2D eigenvalue weighted by atomic mass is 16.6. The van der Waals surface area contributed by atoms with Crippen LogP contribution in [0.3, 0.4) is 0 Å². The fourth-order valence-electron chi connectivity index (χ4n) is 9.00. The summed E-state index contributed by atoms with van der Waals surface area (Å²) >= 11 is 0. The first kappa shape index (κ1) is 52.5. The van der Waals surface area contributed by atoms with Gasteiger partial charge < -0.3 is 40.4 Å². The molecule has 2 fully saturated rings. The molecule has 0 spiro atoms. The molecule has 2 aliphatic rings. The number of carbonyl (C=O) groups is 3. The van der Waals surface area contributed by atoms with Crippen molar-refractivity contribution in [1.82, 2.24) is 26.2 Å². The molecule has 0 bridgehead atoms. The third-order valence-corrected chi connectivity index (χ3v) is 11.9. The van der Waals surface area contributed by atoms with Crippen molar-refractivity contribution in [3.8, 4) is 0 Å². The SMILES string of the molecule is C=C(NC1CC(C)(C)CC(C)(CNC(=O)CCCN(C)C)C1)C(C)(C)OCC(C)C(C)(C)OC(=O)NC1CC(C)(C)CC(C)(CNC(=O)OCCC(C)C)C1.CC. The summed E-state index contributed by atoms with van der Waals surface area (Å²) in [6.07, 6.45) is 6.82. The third kappa shape index (κ3) is 19.9. The molecule has 11 heteroatoms. The summed E-state index contributed by atoms with van der Waals surface area (Å²) in [5.41, 5.74) is -0.818. The largest absolute Gasteiger partial charge is 0.450 e. The lowest BCUT2D eigenvalue weighted by Gasteiger charge is -2.48. The number of ether oxygens (including phenoxy) is 3. The monoisotopic (exact) mass is 808 g/mol. The molecule has 2 saturated carbocycles. The Hall–Kier alpha value is -2.53. The van der Waals surface area contributed by atoms with Gasteiger partial charge in [0.1, 0.15) is 11.2 Å². The highest BCUT2D eigenvalue weighted by molar-refractivity contribution is 5.75. The lowest BCUT2D eigenvalue weighted by atomic mass is 9.62. The maximum Gasteiger partial charge on any atom is 0.407 e. The Morgan fingerprint density at radius 3 is 1.81 bits per heavy atom. The van der Waals surface area contributed by atoms with Gasteiger partial charge in [-0.2, -0.15) is 0 Å². The Morgan fingerprint density at radius 2 is 1.30 bits per heavy atom. The van der Waals surface area contributed by atoms with Gasteiger partial charge in [0.05, 0.1) is 13.2 Å². The summed E-state index contributed by atoms with van der Waals surface area (Å²) in [6.45, 7) is 38.9. The molecular weight excluding hydrogens is 719 g/mol. The molecule has 5 unspecified atom stereocenters. The molecule has 11 nitrogen and oxygen atoms in total. The van der Waals surface area contributed by atoms with Gasteiger partial charge in [0.25, 0.3) is 0 Å². The number of hydrogen-bond acceptors (Lipinski definition) is 8. The van der Waals surface area contributed by atoms with E-state index in [2.05, 4.69) is 88.1 Å². The van der Waals surface area contributed by atoms with Crippen LogP contribution < -0.4 is 21.3 Å². The number of nitrogens with one attached hydrogen (secondary N) is 4. The van der Waals surface area contributed by atoms with Crippen LogP contribution in [0, 0.1) is 33.5 Å². The van der Waals surface area contributed by atoms with Gasteiger partial charge in [0, 0.05) is 43.2 Å². The molecule has 0 aromatic rings. The number of hydrogen-bond donors (Lipinski definition) is 4. The minimum atomic E-state index is -0.796. The average Bonchev–Trinajstić information content (AvgIpc) is 3.04. The summed E-state index contributed by atoms with van der Waals surface area (Å²) in [7, 11) is 4.06. The van der Waals surface area contributed by atoms with E-state index in [0.29, 0.717) is 38.6 Å². The van der Waals surface area contributed by atoms with Crippen molar-refractivity contribution in [3.05, 3.63) is 12.3 Å². The van der Waals surface area contributed by atoms with E-state index in [-0.39, 0.29) is 51.7 Å². The molecule has 57 heavy (non-hydrogen) atoms. The van der Waals surface area contributed by atoms with Crippen LogP contribution in [-0.2, 0) is 19.0 Å². The summed E-state index contributed by atoms with van der Waals surface area (Å²) in [6, 6.07) is 0.105. The van der Waals surface area contributed by atoms with E-state index in [1.807, 2.05) is 62.6 Å². The van der Waals surface area contributed by atoms with Gasteiger partial charge in [-0.05, 0) is 127 Å². The molecule has 0 aliphatic heterocycles. The number of nitrogens with zero attached hydrogens (tertiary/aromatic N) is 1. The molecule has 2 aliphatic carbocycles. The van der Waals surface area contributed by atoms with E-state index >= 15 is 0 Å². The molecule has 0 saturated heterocycles. The van der Waals surface area contributed by atoms with Crippen molar-refractivity contribution in [1.29, 1.82) is 0 Å². The van der Waals surface area contributed by atoms with Crippen molar-refractivity contribution >= 4 is 18.1 Å². The lowest BCUT2D eigenvalue weighted by Crippen LogP contribution is -2.52. The number of rotatable bonds is 20. The van der Waals surface area contributed by atoms with Crippen molar-refractivity contribution in [3.63, 3.8) is 0 Å². The smallest absolute Gasteiger partial charge is 0.407 e. The average molecular weight is 808 g/mol. The van der Waals surface area contributed by atoms with Crippen LogP contribution in [0.2, 0.25) is 0 Å². The van der Waals surface area contributed by atoms with E-state index in [1.165, 1.54) is 0 Å². The van der Waals surface area contributed by atoms with Crippen LogP contribution in [0.15, 0.2) is 12.3 Å². The van der Waals surface area contributed by atoms with Crippen molar-refractivity contribution in [2.45, 2.75) is 185 Å². The Balaban J connectivity index is 0.00000799. The number of carbonyl (C=O) groups excluding carboxylic acids is 3. The van der Waals surface area contributed by atoms with E-state index in [1.54, 1.807) is 0 Å². The zero-order valence-corrected chi connectivity index (χ0v) is 39.8. The van der Waals surface area contributed by atoms with Crippen LogP contribution in [0.1, 0.15) is 162 Å². The van der Waals surface area contributed by atoms with Crippen LogP contribution in [0.5, 0.6) is 0 Å². The van der Waals surface area contributed by atoms with Crippen molar-refractivity contribution in [2.24, 2.45) is 33.5 Å². The van der Waals surface area contributed by atoms with Gasteiger partial charge in [-0.1, -0.05) is 82.7 Å². The highest BCUT2D eigenvalue weighted by Gasteiger charge is 2.44. The molecule has 0 aromatic carbocycles. The Bertz CT molecular complexity index is 1280. The van der Waals surface area contributed by atoms with E-state index in [9.17, 15) is 14.4 Å².